The molecule has 0 spiro atoms. The number of aliphatic carboxylic acids is 1. The Kier molecular flexibility index (Phi) is 7.89. The molecule has 2 aliphatic rings. The Morgan fingerprint density at radius 1 is 1.29 bits per heavy atom. The quantitative estimate of drug-likeness (QED) is 0.287. The molecule has 1 saturated heterocycles. The van der Waals surface area contributed by atoms with Gasteiger partial charge in [0.15, 0.2) is 11.5 Å². The van der Waals surface area contributed by atoms with E-state index in [2.05, 4.69) is 6.58 Å². The van der Waals surface area contributed by atoms with Gasteiger partial charge in [-0.05, 0) is 52.7 Å². The molecule has 9 nitrogen and oxygen atoms in total. The van der Waals surface area contributed by atoms with Crippen molar-refractivity contribution in [3.63, 3.8) is 0 Å². The molecule has 2 aliphatic heterocycles. The van der Waals surface area contributed by atoms with Gasteiger partial charge < -0.3 is 33.5 Å². The maximum absolute atomic E-state index is 12.6. The summed E-state index contributed by atoms with van der Waals surface area (Å²) in [5.41, 5.74) is 3.31. The third-order valence-electron chi connectivity index (χ3n) is 5.73. The number of carbonyl (C=O) groups is 2. The van der Waals surface area contributed by atoms with Gasteiger partial charge in [-0.3, -0.25) is 4.79 Å². The smallest absolute Gasteiger partial charge is 0.342 e. The number of allylic oxidation sites excluding steroid dienone is 2. The maximum atomic E-state index is 12.6. The van der Waals surface area contributed by atoms with E-state index in [1.807, 2.05) is 33.8 Å². The third-order valence-corrected chi connectivity index (χ3v) is 5.73. The van der Waals surface area contributed by atoms with Gasteiger partial charge in [0, 0.05) is 17.5 Å². The van der Waals surface area contributed by atoms with Crippen LogP contribution in [0.15, 0.2) is 24.2 Å². The maximum Gasteiger partial charge on any atom is 0.342 e. The molecule has 0 amide bonds. The van der Waals surface area contributed by atoms with Crippen LogP contribution in [0.25, 0.3) is 0 Å². The van der Waals surface area contributed by atoms with Crippen LogP contribution in [0.2, 0.25) is 0 Å². The number of fused-ring (bicyclic) bond motifs is 1. The van der Waals surface area contributed by atoms with Crippen molar-refractivity contribution in [1.29, 1.82) is 0 Å². The molecule has 1 N–H and O–H groups in total. The third kappa shape index (κ3) is 5.90. The molecule has 0 aliphatic carbocycles. The molecular formula is C25H32O9. The summed E-state index contributed by atoms with van der Waals surface area (Å²) in [7, 11) is 1.55. The predicted molar refractivity (Wildman–Crippen MR) is 122 cm³/mol. The summed E-state index contributed by atoms with van der Waals surface area (Å²) < 4.78 is 33.9. The minimum Gasteiger partial charge on any atom is -0.496 e. The van der Waals surface area contributed by atoms with Crippen molar-refractivity contribution in [2.75, 3.05) is 20.3 Å². The SMILES string of the molecule is C=C(OCC1COC(C)(C)O1)Oc1c(C/C=C(\C)CCC(=O)O)c(OC)c(C)c2c1C(=O)OC2. The van der Waals surface area contributed by atoms with Crippen LogP contribution in [0, 0.1) is 6.92 Å². The summed E-state index contributed by atoms with van der Waals surface area (Å²) in [5.74, 6) is -1.21. The lowest BCUT2D eigenvalue weighted by atomic mass is 9.94. The minimum atomic E-state index is -0.862. The van der Waals surface area contributed by atoms with E-state index in [4.69, 9.17) is 33.5 Å². The molecule has 1 atom stereocenters. The Morgan fingerprint density at radius 3 is 2.65 bits per heavy atom. The van der Waals surface area contributed by atoms with Crippen molar-refractivity contribution in [2.24, 2.45) is 0 Å². The molecular weight excluding hydrogens is 444 g/mol. The van der Waals surface area contributed by atoms with Gasteiger partial charge in [-0.2, -0.15) is 0 Å². The number of esters is 1. The monoisotopic (exact) mass is 476 g/mol. The summed E-state index contributed by atoms with van der Waals surface area (Å²) >= 11 is 0. The Labute approximate surface area is 199 Å². The van der Waals surface area contributed by atoms with Gasteiger partial charge in [0.2, 0.25) is 0 Å². The lowest BCUT2D eigenvalue weighted by Gasteiger charge is -2.21. The average Bonchev–Trinajstić information content (AvgIpc) is 3.33. The van der Waals surface area contributed by atoms with E-state index < -0.39 is 17.7 Å². The van der Waals surface area contributed by atoms with Gasteiger partial charge in [0.05, 0.1) is 13.7 Å². The van der Waals surface area contributed by atoms with Gasteiger partial charge in [0.1, 0.15) is 30.6 Å². The molecule has 0 bridgehead atoms. The second-order valence-corrected chi connectivity index (χ2v) is 8.78. The predicted octanol–water partition coefficient (Wildman–Crippen LogP) is 4.05. The standard InChI is InChI=1S/C25H32O9/c1-14(8-10-20(26)27)7-9-18-22(29-6)15(2)19-13-31-24(28)21(19)23(18)33-16(3)30-11-17-12-32-25(4,5)34-17/h7,17H,3,8-13H2,1-2,4-6H3,(H,26,27)/b14-7+. The Bertz CT molecular complexity index is 1010. The van der Waals surface area contributed by atoms with E-state index in [1.165, 1.54) is 0 Å². The number of benzene rings is 1. The number of ether oxygens (including phenoxy) is 6. The number of carboxylic acids is 1. The van der Waals surface area contributed by atoms with Gasteiger partial charge in [0.25, 0.3) is 5.95 Å². The average molecular weight is 477 g/mol. The first-order valence-corrected chi connectivity index (χ1v) is 11.1. The zero-order chi connectivity index (χ0) is 25.0. The van der Waals surface area contributed by atoms with Crippen molar-refractivity contribution < 1.29 is 43.1 Å². The van der Waals surface area contributed by atoms with Crippen LogP contribution >= 0.6 is 0 Å². The number of cyclic esters (lactones) is 1. The molecule has 2 heterocycles. The first-order valence-electron chi connectivity index (χ1n) is 11.1. The highest BCUT2D eigenvalue weighted by Gasteiger charge is 2.35. The van der Waals surface area contributed by atoms with Crippen LogP contribution in [-0.4, -0.2) is 49.3 Å². The summed E-state index contributed by atoms with van der Waals surface area (Å²) in [4.78, 5) is 23.5. The fourth-order valence-electron chi connectivity index (χ4n) is 3.98. The summed E-state index contributed by atoms with van der Waals surface area (Å²) in [6, 6.07) is 0. The number of carboxylic acid groups (broad SMARTS) is 1. The van der Waals surface area contributed by atoms with Crippen LogP contribution in [0.5, 0.6) is 11.5 Å². The molecule has 9 heteroatoms. The topological polar surface area (TPSA) is 110 Å². The summed E-state index contributed by atoms with van der Waals surface area (Å²) in [6.45, 7) is 11.9. The van der Waals surface area contributed by atoms with Crippen LogP contribution in [0.4, 0.5) is 0 Å². The van der Waals surface area contributed by atoms with Crippen LogP contribution in [0.1, 0.15) is 60.7 Å². The Morgan fingerprint density at radius 2 is 2.03 bits per heavy atom. The number of carbonyl (C=O) groups excluding carboxylic acids is 1. The molecule has 0 saturated carbocycles. The minimum absolute atomic E-state index is 0.00561. The highest BCUT2D eigenvalue weighted by Crippen LogP contribution is 2.43. The highest BCUT2D eigenvalue weighted by atomic mass is 16.8. The molecule has 186 valence electrons. The number of hydrogen-bond donors (Lipinski definition) is 1. The van der Waals surface area contributed by atoms with Crippen LogP contribution in [-0.2, 0) is 36.8 Å². The summed E-state index contributed by atoms with van der Waals surface area (Å²) in [6.07, 6.45) is 2.42. The lowest BCUT2D eigenvalue weighted by molar-refractivity contribution is -0.144. The molecule has 1 fully saturated rings. The normalized spacial score (nSPS) is 18.9. The van der Waals surface area contributed by atoms with Gasteiger partial charge >= 0.3 is 11.9 Å². The van der Waals surface area contributed by atoms with E-state index in [-0.39, 0.29) is 37.4 Å². The van der Waals surface area contributed by atoms with E-state index in [0.717, 1.165) is 11.1 Å². The van der Waals surface area contributed by atoms with E-state index >= 15 is 0 Å². The molecule has 0 radical (unpaired) electrons. The second kappa shape index (κ2) is 10.5. The first kappa shape index (κ1) is 25.6. The molecule has 1 unspecified atom stereocenters. The fraction of sp³-hybridized carbons (Fsp3) is 0.520. The molecule has 1 aromatic rings. The Hall–Kier alpha value is -3.04. The lowest BCUT2D eigenvalue weighted by Crippen LogP contribution is -2.24. The molecule has 0 aromatic heterocycles. The summed E-state index contributed by atoms with van der Waals surface area (Å²) in [5, 5.41) is 8.94. The number of rotatable bonds is 11. The van der Waals surface area contributed by atoms with Gasteiger partial charge in [-0.25, -0.2) is 4.79 Å². The molecule has 3 rings (SSSR count). The van der Waals surface area contributed by atoms with Crippen LogP contribution in [0.3, 0.4) is 0 Å². The van der Waals surface area contributed by atoms with Crippen molar-refractivity contribution >= 4 is 11.9 Å². The van der Waals surface area contributed by atoms with Crippen molar-refractivity contribution in [3.8, 4) is 11.5 Å². The first-order chi connectivity index (χ1) is 16.0. The molecule has 34 heavy (non-hydrogen) atoms. The van der Waals surface area contributed by atoms with Gasteiger partial charge in [-0.15, -0.1) is 0 Å². The van der Waals surface area contributed by atoms with E-state index in [0.29, 0.717) is 41.9 Å². The molecule has 1 aromatic carbocycles. The van der Waals surface area contributed by atoms with Crippen molar-refractivity contribution in [1.82, 2.24) is 0 Å². The zero-order valence-corrected chi connectivity index (χ0v) is 20.3. The van der Waals surface area contributed by atoms with Crippen LogP contribution < -0.4 is 9.47 Å². The van der Waals surface area contributed by atoms with E-state index in [1.54, 1.807) is 7.11 Å². The zero-order valence-electron chi connectivity index (χ0n) is 20.3. The highest BCUT2D eigenvalue weighted by molar-refractivity contribution is 5.98. The van der Waals surface area contributed by atoms with Crippen molar-refractivity contribution in [2.45, 2.75) is 65.5 Å². The van der Waals surface area contributed by atoms with Crippen molar-refractivity contribution in [3.05, 3.63) is 46.4 Å². The number of hydrogen-bond acceptors (Lipinski definition) is 8. The largest absolute Gasteiger partial charge is 0.496 e. The van der Waals surface area contributed by atoms with Gasteiger partial charge in [-0.1, -0.05) is 11.6 Å². The second-order valence-electron chi connectivity index (χ2n) is 8.78. The Balaban J connectivity index is 1.87. The van der Waals surface area contributed by atoms with E-state index in [9.17, 15) is 9.59 Å². The fourth-order valence-corrected chi connectivity index (χ4v) is 3.98. The number of methoxy groups -OCH3 is 1.